The molecule has 2 aromatic rings. The van der Waals surface area contributed by atoms with Gasteiger partial charge >= 0.3 is 0 Å². The number of hydrogen-bond donors (Lipinski definition) is 1. The van der Waals surface area contributed by atoms with Gasteiger partial charge in [-0.3, -0.25) is 10.1 Å². The number of carbonyl (C=O) groups is 1. The minimum Gasteiger partial charge on any atom is -0.298 e. The Bertz CT molecular complexity index is 631. The number of nitrogens with one attached hydrogen (secondary N) is 1. The van der Waals surface area contributed by atoms with Gasteiger partial charge in [0.25, 0.3) is 5.91 Å². The lowest BCUT2D eigenvalue weighted by molar-refractivity contribution is 0.102. The zero-order valence-corrected chi connectivity index (χ0v) is 15.1. The number of rotatable bonds is 4. The highest BCUT2D eigenvalue weighted by molar-refractivity contribution is 9.11. The van der Waals surface area contributed by atoms with Crippen molar-refractivity contribution in [2.45, 2.75) is 34.1 Å². The zero-order chi connectivity index (χ0) is 14.9. The molecule has 0 atom stereocenters. The quantitative estimate of drug-likeness (QED) is 0.816. The lowest BCUT2D eigenvalue weighted by Gasteiger charge is -2.02. The van der Waals surface area contributed by atoms with E-state index in [4.69, 9.17) is 0 Å². The van der Waals surface area contributed by atoms with Gasteiger partial charge in [0.15, 0.2) is 5.13 Å². The molecule has 108 valence electrons. The third-order valence-electron chi connectivity index (χ3n) is 2.95. The molecule has 6 heteroatoms. The molecule has 0 unspecified atom stereocenters. The van der Waals surface area contributed by atoms with Crippen LogP contribution in [-0.2, 0) is 6.42 Å². The number of halogens is 1. The SMILES string of the molecule is Cc1sc(Br)c(C(=O)Nc2ncc(CC(C)C)s2)c1C. The van der Waals surface area contributed by atoms with Gasteiger partial charge in [-0.15, -0.1) is 22.7 Å². The predicted octanol–water partition coefficient (Wildman–Crippen LogP) is 5.03. The molecule has 0 radical (unpaired) electrons. The first-order valence-corrected chi connectivity index (χ1v) is 8.82. The molecule has 1 amide bonds. The van der Waals surface area contributed by atoms with E-state index >= 15 is 0 Å². The van der Waals surface area contributed by atoms with Crippen molar-refractivity contribution in [3.05, 3.63) is 30.9 Å². The summed E-state index contributed by atoms with van der Waals surface area (Å²) in [5.41, 5.74) is 1.74. The molecule has 20 heavy (non-hydrogen) atoms. The molecule has 1 N–H and O–H groups in total. The number of amides is 1. The minimum atomic E-state index is -0.0934. The Kier molecular flexibility index (Phi) is 4.99. The summed E-state index contributed by atoms with van der Waals surface area (Å²) in [5.74, 6) is 0.499. The summed E-state index contributed by atoms with van der Waals surface area (Å²) < 4.78 is 0.879. The summed E-state index contributed by atoms with van der Waals surface area (Å²) >= 11 is 6.60. The topological polar surface area (TPSA) is 42.0 Å². The van der Waals surface area contributed by atoms with Gasteiger partial charge in [-0.05, 0) is 47.7 Å². The number of aryl methyl sites for hydroxylation is 1. The van der Waals surface area contributed by atoms with Crippen molar-refractivity contribution >= 4 is 49.6 Å². The smallest absolute Gasteiger partial charge is 0.259 e. The van der Waals surface area contributed by atoms with E-state index in [-0.39, 0.29) is 5.91 Å². The summed E-state index contributed by atoms with van der Waals surface area (Å²) in [7, 11) is 0. The first-order valence-electron chi connectivity index (χ1n) is 6.40. The van der Waals surface area contributed by atoms with Crippen LogP contribution < -0.4 is 5.32 Å². The van der Waals surface area contributed by atoms with Crippen molar-refractivity contribution < 1.29 is 4.79 Å². The van der Waals surface area contributed by atoms with Crippen molar-refractivity contribution in [1.29, 1.82) is 0 Å². The lowest BCUT2D eigenvalue weighted by atomic mass is 10.1. The van der Waals surface area contributed by atoms with Crippen LogP contribution in [-0.4, -0.2) is 10.9 Å². The van der Waals surface area contributed by atoms with E-state index in [0.717, 1.165) is 20.6 Å². The number of carbonyl (C=O) groups excluding carboxylic acids is 1. The predicted molar refractivity (Wildman–Crippen MR) is 90.1 cm³/mol. The van der Waals surface area contributed by atoms with Crippen molar-refractivity contribution in [1.82, 2.24) is 4.98 Å². The van der Waals surface area contributed by atoms with Gasteiger partial charge in [-0.25, -0.2) is 4.98 Å². The molecule has 0 saturated carbocycles. The average Bonchev–Trinajstić information content (AvgIpc) is 2.84. The summed E-state index contributed by atoms with van der Waals surface area (Å²) in [6.07, 6.45) is 2.84. The van der Waals surface area contributed by atoms with E-state index in [9.17, 15) is 4.79 Å². The van der Waals surface area contributed by atoms with Crippen LogP contribution >= 0.6 is 38.6 Å². The standard InChI is InChI=1S/C14H17BrN2OS2/c1-7(2)5-10-6-16-14(20-10)17-13(18)11-8(3)9(4)19-12(11)15/h6-7H,5H2,1-4H3,(H,16,17,18). The van der Waals surface area contributed by atoms with Crippen molar-refractivity contribution in [3.8, 4) is 0 Å². The molecule has 0 spiro atoms. The van der Waals surface area contributed by atoms with Crippen LogP contribution in [0.15, 0.2) is 9.98 Å². The minimum absolute atomic E-state index is 0.0934. The molecule has 0 aromatic carbocycles. The van der Waals surface area contributed by atoms with Gasteiger partial charge in [-0.2, -0.15) is 0 Å². The molecule has 0 aliphatic rings. The third kappa shape index (κ3) is 3.48. The Balaban J connectivity index is 2.13. The molecule has 2 aromatic heterocycles. The van der Waals surface area contributed by atoms with Crippen molar-refractivity contribution in [3.63, 3.8) is 0 Å². The second kappa shape index (κ2) is 6.37. The van der Waals surface area contributed by atoms with E-state index in [2.05, 4.69) is 40.1 Å². The molecule has 0 aliphatic carbocycles. The van der Waals surface area contributed by atoms with Crippen LogP contribution in [0.3, 0.4) is 0 Å². The Morgan fingerprint density at radius 2 is 2.10 bits per heavy atom. The van der Waals surface area contributed by atoms with Crippen LogP contribution in [0.2, 0.25) is 0 Å². The molecule has 2 rings (SSSR count). The van der Waals surface area contributed by atoms with Crippen molar-refractivity contribution in [2.75, 3.05) is 5.32 Å². The zero-order valence-electron chi connectivity index (χ0n) is 11.9. The average molecular weight is 373 g/mol. The van der Waals surface area contributed by atoms with E-state index in [1.165, 1.54) is 4.88 Å². The van der Waals surface area contributed by atoms with Gasteiger partial charge in [-0.1, -0.05) is 13.8 Å². The number of thiazole rings is 1. The summed E-state index contributed by atoms with van der Waals surface area (Å²) in [6, 6.07) is 0. The highest BCUT2D eigenvalue weighted by atomic mass is 79.9. The number of anilines is 1. The highest BCUT2D eigenvalue weighted by Crippen LogP contribution is 2.33. The Labute approximate surface area is 135 Å². The maximum Gasteiger partial charge on any atom is 0.259 e. The van der Waals surface area contributed by atoms with E-state index in [0.29, 0.717) is 16.6 Å². The molecule has 0 aliphatic heterocycles. The largest absolute Gasteiger partial charge is 0.298 e. The number of aromatic nitrogens is 1. The molecule has 0 fully saturated rings. The first kappa shape index (κ1) is 15.7. The van der Waals surface area contributed by atoms with Gasteiger partial charge in [0.05, 0.1) is 9.35 Å². The summed E-state index contributed by atoms with van der Waals surface area (Å²) in [6.45, 7) is 8.34. The molecular weight excluding hydrogens is 356 g/mol. The van der Waals surface area contributed by atoms with E-state index < -0.39 is 0 Å². The monoisotopic (exact) mass is 372 g/mol. The fourth-order valence-electron chi connectivity index (χ4n) is 1.87. The first-order chi connectivity index (χ1) is 9.38. The summed E-state index contributed by atoms with van der Waals surface area (Å²) in [4.78, 5) is 19.0. The fourth-order valence-corrected chi connectivity index (χ4v) is 4.96. The van der Waals surface area contributed by atoms with Crippen LogP contribution in [0.1, 0.15) is 39.5 Å². The lowest BCUT2D eigenvalue weighted by Crippen LogP contribution is -2.12. The normalized spacial score (nSPS) is 11.1. The molecule has 3 nitrogen and oxygen atoms in total. The van der Waals surface area contributed by atoms with Gasteiger partial charge in [0, 0.05) is 16.0 Å². The molecule has 2 heterocycles. The van der Waals surface area contributed by atoms with E-state index in [1.54, 1.807) is 22.7 Å². The number of nitrogens with zero attached hydrogens (tertiary/aromatic N) is 1. The molecule has 0 bridgehead atoms. The maximum absolute atomic E-state index is 12.3. The van der Waals surface area contributed by atoms with Crippen LogP contribution in [0.4, 0.5) is 5.13 Å². The second-order valence-corrected chi connectivity index (χ2v) is 8.77. The Hall–Kier alpha value is -0.720. The Morgan fingerprint density at radius 1 is 1.40 bits per heavy atom. The second-order valence-electron chi connectivity index (χ2n) is 5.12. The number of thiophene rings is 1. The van der Waals surface area contributed by atoms with Gasteiger partial charge in [0.1, 0.15) is 0 Å². The van der Waals surface area contributed by atoms with Gasteiger partial charge in [0.2, 0.25) is 0 Å². The highest BCUT2D eigenvalue weighted by Gasteiger charge is 2.19. The molecule has 0 saturated heterocycles. The maximum atomic E-state index is 12.3. The van der Waals surface area contributed by atoms with Crippen LogP contribution in [0, 0.1) is 19.8 Å². The van der Waals surface area contributed by atoms with Gasteiger partial charge < -0.3 is 0 Å². The number of hydrogen-bond acceptors (Lipinski definition) is 4. The fraction of sp³-hybridized carbons (Fsp3) is 0.429. The van der Waals surface area contributed by atoms with Crippen LogP contribution in [0.5, 0.6) is 0 Å². The summed E-state index contributed by atoms with van der Waals surface area (Å²) in [5, 5.41) is 3.56. The third-order valence-corrected chi connectivity index (χ3v) is 5.77. The van der Waals surface area contributed by atoms with E-state index in [1.807, 2.05) is 20.0 Å². The van der Waals surface area contributed by atoms with Crippen molar-refractivity contribution in [2.24, 2.45) is 5.92 Å². The van der Waals surface area contributed by atoms with Crippen LogP contribution in [0.25, 0.3) is 0 Å². The molecular formula is C14H17BrN2OS2. The Morgan fingerprint density at radius 3 is 2.65 bits per heavy atom.